The molecule has 3 nitrogen and oxygen atoms in total. The van der Waals surface area contributed by atoms with Gasteiger partial charge in [-0.2, -0.15) is 0 Å². The van der Waals surface area contributed by atoms with Gasteiger partial charge in [0.2, 0.25) is 0 Å². The molecule has 1 atom stereocenters. The van der Waals surface area contributed by atoms with Gasteiger partial charge in [-0.1, -0.05) is 0 Å². The van der Waals surface area contributed by atoms with Gasteiger partial charge in [0.25, 0.3) is 0 Å². The molecule has 0 saturated carbocycles. The maximum absolute atomic E-state index is 9.12. The highest BCUT2D eigenvalue weighted by Crippen LogP contribution is 2.00. The Labute approximate surface area is 61.6 Å². The third-order valence-electron chi connectivity index (χ3n) is 0.814. The molecule has 0 heterocycles. The van der Waals surface area contributed by atoms with Crippen molar-refractivity contribution >= 4 is 0 Å². The van der Waals surface area contributed by atoms with Crippen molar-refractivity contribution in [3.8, 4) is 0 Å². The Hall–Kier alpha value is -0.120. The van der Waals surface area contributed by atoms with E-state index < -0.39 is 11.7 Å². The minimum Gasteiger partial charge on any atom is -0.391 e. The van der Waals surface area contributed by atoms with E-state index in [2.05, 4.69) is 0 Å². The van der Waals surface area contributed by atoms with E-state index in [1.807, 2.05) is 0 Å². The molecule has 0 fully saturated rings. The van der Waals surface area contributed by atoms with E-state index in [4.69, 9.17) is 14.9 Å². The normalized spacial score (nSPS) is 15.3. The van der Waals surface area contributed by atoms with Crippen LogP contribution in [0.25, 0.3) is 0 Å². The van der Waals surface area contributed by atoms with Gasteiger partial charge in [0.1, 0.15) is 0 Å². The minimum atomic E-state index is -0.797. The van der Waals surface area contributed by atoms with Crippen molar-refractivity contribution in [2.45, 2.75) is 32.5 Å². The van der Waals surface area contributed by atoms with Crippen LogP contribution in [0.1, 0.15) is 20.8 Å². The van der Waals surface area contributed by atoms with Crippen LogP contribution >= 0.6 is 0 Å². The molecule has 0 saturated heterocycles. The lowest BCUT2D eigenvalue weighted by atomic mass is 10.2. The number of aliphatic hydroxyl groups is 2. The summed E-state index contributed by atoms with van der Waals surface area (Å²) in [4.78, 5) is 0. The molecule has 3 heteroatoms. The number of aliphatic hydroxyl groups excluding tert-OH is 1. The second-order valence-corrected chi connectivity index (χ2v) is 3.18. The quantitative estimate of drug-likeness (QED) is 0.597. The van der Waals surface area contributed by atoms with E-state index in [-0.39, 0.29) is 13.2 Å². The summed E-state index contributed by atoms with van der Waals surface area (Å²) in [5.74, 6) is 0. The number of hydrogen-bond acceptors (Lipinski definition) is 3. The smallest absolute Gasteiger partial charge is 0.0824 e. The van der Waals surface area contributed by atoms with E-state index in [0.717, 1.165) is 0 Å². The summed E-state index contributed by atoms with van der Waals surface area (Å²) in [5, 5.41) is 17.9. The number of ether oxygens (including phenoxy) is 1. The summed E-state index contributed by atoms with van der Waals surface area (Å²) >= 11 is 0. The molecular weight excluding hydrogens is 132 g/mol. The molecule has 62 valence electrons. The molecule has 2 N–H and O–H groups in total. The Morgan fingerprint density at radius 3 is 2.30 bits per heavy atom. The average Bonchev–Trinajstić information content (AvgIpc) is 1.59. The van der Waals surface area contributed by atoms with Crippen LogP contribution in [0.15, 0.2) is 0 Å². The zero-order valence-electron chi connectivity index (χ0n) is 6.79. The molecule has 0 amide bonds. The Balaban J connectivity index is 3.21. The van der Waals surface area contributed by atoms with Gasteiger partial charge in [-0.3, -0.25) is 0 Å². The fourth-order valence-corrected chi connectivity index (χ4v) is 0.479. The van der Waals surface area contributed by atoms with Gasteiger partial charge < -0.3 is 14.9 Å². The Morgan fingerprint density at radius 1 is 1.50 bits per heavy atom. The maximum Gasteiger partial charge on any atom is 0.0824 e. The molecule has 0 aliphatic carbocycles. The first kappa shape index (κ1) is 9.88. The number of rotatable bonds is 4. The van der Waals surface area contributed by atoms with Crippen molar-refractivity contribution in [2.24, 2.45) is 0 Å². The van der Waals surface area contributed by atoms with Gasteiger partial charge in [0, 0.05) is 0 Å². The molecule has 0 aromatic rings. The second kappa shape index (κ2) is 3.91. The van der Waals surface area contributed by atoms with Gasteiger partial charge in [-0.05, 0) is 20.8 Å². The van der Waals surface area contributed by atoms with Gasteiger partial charge in [-0.15, -0.1) is 0 Å². The van der Waals surface area contributed by atoms with Crippen LogP contribution in [0.2, 0.25) is 0 Å². The Bertz CT molecular complexity index is 83.3. The molecule has 10 heavy (non-hydrogen) atoms. The fraction of sp³-hybridized carbons (Fsp3) is 1.00. The lowest BCUT2D eigenvalue weighted by Gasteiger charge is -2.17. The molecule has 0 aromatic carbocycles. The molecule has 0 rings (SSSR count). The Kier molecular flexibility index (Phi) is 3.86. The zero-order chi connectivity index (χ0) is 8.20. The standard InChI is InChI=1S/C7H16O3/c1-6(8)4-10-5-7(2,3)9/h6,8-9H,4-5H2,1-3H3. The number of hydrogen-bond donors (Lipinski definition) is 2. The van der Waals surface area contributed by atoms with Crippen LogP contribution in [0.4, 0.5) is 0 Å². The van der Waals surface area contributed by atoms with Gasteiger partial charge >= 0.3 is 0 Å². The third-order valence-corrected chi connectivity index (χ3v) is 0.814. The van der Waals surface area contributed by atoms with Crippen LogP contribution in [-0.2, 0) is 4.74 Å². The highest BCUT2D eigenvalue weighted by Gasteiger charge is 2.12. The van der Waals surface area contributed by atoms with Crippen molar-refractivity contribution in [2.75, 3.05) is 13.2 Å². The summed E-state index contributed by atoms with van der Waals surface area (Å²) in [5.41, 5.74) is -0.797. The van der Waals surface area contributed by atoms with Crippen molar-refractivity contribution < 1.29 is 14.9 Å². The third kappa shape index (κ3) is 7.88. The van der Waals surface area contributed by atoms with Crippen LogP contribution < -0.4 is 0 Å². The van der Waals surface area contributed by atoms with Crippen molar-refractivity contribution in [1.29, 1.82) is 0 Å². The van der Waals surface area contributed by atoms with Gasteiger partial charge in [0.15, 0.2) is 0 Å². The minimum absolute atomic E-state index is 0.262. The predicted octanol–water partition coefficient (Wildman–Crippen LogP) is 0.155. The Morgan fingerprint density at radius 2 is 2.00 bits per heavy atom. The van der Waals surface area contributed by atoms with Crippen LogP contribution in [0.3, 0.4) is 0 Å². The summed E-state index contributed by atoms with van der Waals surface area (Å²) in [7, 11) is 0. The molecule has 0 aromatic heterocycles. The van der Waals surface area contributed by atoms with E-state index in [0.29, 0.717) is 0 Å². The SMILES string of the molecule is CC(O)COCC(C)(C)O. The molecule has 0 aliphatic heterocycles. The molecule has 0 bridgehead atoms. The molecule has 1 unspecified atom stereocenters. The van der Waals surface area contributed by atoms with Crippen LogP contribution in [0.5, 0.6) is 0 Å². The van der Waals surface area contributed by atoms with Crippen molar-refractivity contribution in [3.63, 3.8) is 0 Å². The van der Waals surface area contributed by atoms with E-state index in [9.17, 15) is 0 Å². The topological polar surface area (TPSA) is 49.7 Å². The second-order valence-electron chi connectivity index (χ2n) is 3.18. The fourth-order valence-electron chi connectivity index (χ4n) is 0.479. The monoisotopic (exact) mass is 148 g/mol. The largest absolute Gasteiger partial charge is 0.391 e. The maximum atomic E-state index is 9.12. The zero-order valence-corrected chi connectivity index (χ0v) is 6.79. The lowest BCUT2D eigenvalue weighted by Crippen LogP contribution is -2.27. The lowest BCUT2D eigenvalue weighted by molar-refractivity contribution is -0.0426. The summed E-state index contributed by atoms with van der Waals surface area (Å²) in [6.45, 7) is 5.51. The highest BCUT2D eigenvalue weighted by atomic mass is 16.5. The summed E-state index contributed by atoms with van der Waals surface area (Å²) in [6.07, 6.45) is -0.456. The molecular formula is C7H16O3. The van der Waals surface area contributed by atoms with Crippen molar-refractivity contribution in [3.05, 3.63) is 0 Å². The van der Waals surface area contributed by atoms with E-state index in [1.165, 1.54) is 0 Å². The van der Waals surface area contributed by atoms with E-state index >= 15 is 0 Å². The van der Waals surface area contributed by atoms with Gasteiger partial charge in [-0.25, -0.2) is 0 Å². The molecule has 0 spiro atoms. The van der Waals surface area contributed by atoms with Crippen molar-refractivity contribution in [1.82, 2.24) is 0 Å². The molecule has 0 aliphatic rings. The summed E-state index contributed by atoms with van der Waals surface area (Å²) < 4.78 is 4.96. The first-order valence-electron chi connectivity index (χ1n) is 3.40. The first-order chi connectivity index (χ1) is 4.42. The van der Waals surface area contributed by atoms with Crippen LogP contribution in [-0.4, -0.2) is 35.1 Å². The van der Waals surface area contributed by atoms with Gasteiger partial charge in [0.05, 0.1) is 24.9 Å². The van der Waals surface area contributed by atoms with Crippen LogP contribution in [0, 0.1) is 0 Å². The molecule has 0 radical (unpaired) electrons. The first-order valence-corrected chi connectivity index (χ1v) is 3.40. The summed E-state index contributed by atoms with van der Waals surface area (Å²) in [6, 6.07) is 0. The highest BCUT2D eigenvalue weighted by molar-refractivity contribution is 4.62. The predicted molar refractivity (Wildman–Crippen MR) is 38.8 cm³/mol. The average molecular weight is 148 g/mol. The van der Waals surface area contributed by atoms with E-state index in [1.54, 1.807) is 20.8 Å².